The van der Waals surface area contributed by atoms with Crippen molar-refractivity contribution in [2.45, 2.75) is 6.92 Å². The molecule has 0 bridgehead atoms. The average Bonchev–Trinajstić information content (AvgIpc) is 2.38. The highest BCUT2D eigenvalue weighted by molar-refractivity contribution is 5.98. The molecule has 0 unspecified atom stereocenters. The first kappa shape index (κ1) is 12.2. The van der Waals surface area contributed by atoms with Gasteiger partial charge in [-0.3, -0.25) is 0 Å². The molecule has 0 saturated heterocycles. The summed E-state index contributed by atoms with van der Waals surface area (Å²) in [5.41, 5.74) is 3.08. The van der Waals surface area contributed by atoms with Gasteiger partial charge in [-0.2, -0.15) is 0 Å². The van der Waals surface area contributed by atoms with Crippen LogP contribution in [0.15, 0.2) is 42.5 Å². The predicted molar refractivity (Wildman–Crippen MR) is 69.6 cm³/mol. The van der Waals surface area contributed by atoms with E-state index in [-0.39, 0.29) is 5.75 Å². The van der Waals surface area contributed by atoms with Gasteiger partial charge >= 0.3 is 5.97 Å². The highest BCUT2D eigenvalue weighted by Crippen LogP contribution is 2.30. The summed E-state index contributed by atoms with van der Waals surface area (Å²) in [6.07, 6.45) is 0. The molecule has 3 nitrogen and oxygen atoms in total. The Bertz CT molecular complexity index is 588. The molecule has 0 aromatic heterocycles. The molecule has 2 aromatic carbocycles. The van der Waals surface area contributed by atoms with Crippen molar-refractivity contribution >= 4 is 5.97 Å². The Morgan fingerprint density at radius 1 is 1.11 bits per heavy atom. The zero-order valence-electron chi connectivity index (χ0n) is 10.3. The van der Waals surface area contributed by atoms with Crippen molar-refractivity contribution in [1.82, 2.24) is 0 Å². The van der Waals surface area contributed by atoms with Crippen LogP contribution in [0.2, 0.25) is 0 Å². The number of benzene rings is 2. The number of esters is 1. The zero-order chi connectivity index (χ0) is 13.1. The summed E-state index contributed by atoms with van der Waals surface area (Å²) in [4.78, 5) is 11.7. The largest absolute Gasteiger partial charge is 0.508 e. The normalized spacial score (nSPS) is 10.1. The Labute approximate surface area is 106 Å². The van der Waals surface area contributed by atoms with Crippen molar-refractivity contribution in [3.63, 3.8) is 0 Å². The number of methoxy groups -OCH3 is 1. The second-order valence-electron chi connectivity index (χ2n) is 4.04. The number of phenolic OH excluding ortho intramolecular Hbond substituents is 1. The Morgan fingerprint density at radius 3 is 2.50 bits per heavy atom. The summed E-state index contributed by atoms with van der Waals surface area (Å²) in [5, 5.41) is 9.59. The van der Waals surface area contributed by atoms with Crippen LogP contribution in [0.25, 0.3) is 11.1 Å². The molecule has 1 N–H and O–H groups in total. The van der Waals surface area contributed by atoms with Crippen LogP contribution in [-0.2, 0) is 4.74 Å². The van der Waals surface area contributed by atoms with Gasteiger partial charge in [-0.15, -0.1) is 0 Å². The van der Waals surface area contributed by atoms with E-state index in [0.717, 1.165) is 11.1 Å². The van der Waals surface area contributed by atoms with Crippen LogP contribution in [0.3, 0.4) is 0 Å². The minimum absolute atomic E-state index is 0.126. The van der Waals surface area contributed by atoms with Gasteiger partial charge in [0.05, 0.1) is 12.7 Å². The molecule has 0 atom stereocenters. The van der Waals surface area contributed by atoms with Gasteiger partial charge < -0.3 is 9.84 Å². The van der Waals surface area contributed by atoms with Gasteiger partial charge in [-0.1, -0.05) is 24.3 Å². The highest BCUT2D eigenvalue weighted by atomic mass is 16.5. The van der Waals surface area contributed by atoms with Gasteiger partial charge in [-0.25, -0.2) is 4.79 Å². The number of ether oxygens (including phenoxy) is 1. The molecule has 0 amide bonds. The maximum atomic E-state index is 11.7. The monoisotopic (exact) mass is 242 g/mol. The average molecular weight is 242 g/mol. The van der Waals surface area contributed by atoms with Gasteiger partial charge in [-0.05, 0) is 36.2 Å². The summed E-state index contributed by atoms with van der Waals surface area (Å²) >= 11 is 0. The Hall–Kier alpha value is -2.29. The van der Waals surface area contributed by atoms with E-state index in [2.05, 4.69) is 0 Å². The number of rotatable bonds is 2. The molecular weight excluding hydrogens is 228 g/mol. The lowest BCUT2D eigenvalue weighted by Crippen LogP contribution is -2.03. The molecule has 0 aliphatic carbocycles. The molecule has 3 heteroatoms. The molecule has 0 radical (unpaired) electrons. The number of carbonyl (C=O) groups is 1. The fraction of sp³-hybridized carbons (Fsp3) is 0.133. The van der Waals surface area contributed by atoms with Crippen molar-refractivity contribution in [3.05, 3.63) is 53.6 Å². The van der Waals surface area contributed by atoms with Crippen LogP contribution in [-0.4, -0.2) is 18.2 Å². The minimum Gasteiger partial charge on any atom is -0.508 e. The predicted octanol–water partition coefficient (Wildman–Crippen LogP) is 3.15. The Kier molecular flexibility index (Phi) is 3.33. The summed E-state index contributed by atoms with van der Waals surface area (Å²) in [7, 11) is 1.34. The van der Waals surface area contributed by atoms with Crippen LogP contribution >= 0.6 is 0 Å². The van der Waals surface area contributed by atoms with Crippen molar-refractivity contribution in [2.24, 2.45) is 0 Å². The fourth-order valence-corrected chi connectivity index (χ4v) is 1.92. The van der Waals surface area contributed by atoms with E-state index in [0.29, 0.717) is 11.1 Å². The summed E-state index contributed by atoms with van der Waals surface area (Å²) in [6, 6.07) is 12.3. The maximum Gasteiger partial charge on any atom is 0.338 e. The van der Waals surface area contributed by atoms with E-state index in [1.165, 1.54) is 13.2 Å². The third-order valence-corrected chi connectivity index (χ3v) is 2.84. The number of phenols is 1. The molecule has 0 aliphatic rings. The van der Waals surface area contributed by atoms with Crippen LogP contribution in [0.5, 0.6) is 5.75 Å². The quantitative estimate of drug-likeness (QED) is 0.823. The SMILES string of the molecule is COC(=O)c1ccc(O)cc1-c1ccccc1C. The summed E-state index contributed by atoms with van der Waals surface area (Å²) in [5.74, 6) is -0.283. The van der Waals surface area contributed by atoms with Crippen LogP contribution in [0, 0.1) is 6.92 Å². The molecule has 0 saturated carbocycles. The maximum absolute atomic E-state index is 11.7. The van der Waals surface area contributed by atoms with E-state index in [1.807, 2.05) is 31.2 Å². The third kappa shape index (κ3) is 2.20. The molecule has 92 valence electrons. The standard InChI is InChI=1S/C15H14O3/c1-10-5-3-4-6-12(10)14-9-11(16)7-8-13(14)15(17)18-2/h3-9,16H,1-2H3. The first-order chi connectivity index (χ1) is 8.63. The molecule has 18 heavy (non-hydrogen) atoms. The minimum atomic E-state index is -0.409. The lowest BCUT2D eigenvalue weighted by atomic mass is 9.96. The number of aryl methyl sites for hydroxylation is 1. The van der Waals surface area contributed by atoms with Crippen molar-refractivity contribution < 1.29 is 14.6 Å². The topological polar surface area (TPSA) is 46.5 Å². The molecule has 0 heterocycles. The number of hydrogen-bond donors (Lipinski definition) is 1. The number of carbonyl (C=O) groups excluding carboxylic acids is 1. The van der Waals surface area contributed by atoms with Crippen molar-refractivity contribution in [2.75, 3.05) is 7.11 Å². The van der Waals surface area contributed by atoms with Gasteiger partial charge in [0.15, 0.2) is 0 Å². The summed E-state index contributed by atoms with van der Waals surface area (Å²) < 4.78 is 4.76. The van der Waals surface area contributed by atoms with Crippen LogP contribution < -0.4 is 0 Å². The molecule has 0 aliphatic heterocycles. The first-order valence-corrected chi connectivity index (χ1v) is 5.61. The fourth-order valence-electron chi connectivity index (χ4n) is 1.92. The molecule has 0 spiro atoms. The first-order valence-electron chi connectivity index (χ1n) is 5.61. The second-order valence-corrected chi connectivity index (χ2v) is 4.04. The van der Waals surface area contributed by atoms with E-state index >= 15 is 0 Å². The zero-order valence-corrected chi connectivity index (χ0v) is 10.3. The Morgan fingerprint density at radius 2 is 1.83 bits per heavy atom. The van der Waals surface area contributed by atoms with E-state index < -0.39 is 5.97 Å². The molecule has 2 aromatic rings. The summed E-state index contributed by atoms with van der Waals surface area (Å²) in [6.45, 7) is 1.96. The highest BCUT2D eigenvalue weighted by Gasteiger charge is 2.14. The van der Waals surface area contributed by atoms with E-state index in [1.54, 1.807) is 12.1 Å². The van der Waals surface area contributed by atoms with Gasteiger partial charge in [0, 0.05) is 5.56 Å². The third-order valence-electron chi connectivity index (χ3n) is 2.84. The molecule has 2 rings (SSSR count). The van der Waals surface area contributed by atoms with Crippen molar-refractivity contribution in [3.8, 4) is 16.9 Å². The van der Waals surface area contributed by atoms with E-state index in [9.17, 15) is 9.90 Å². The number of hydrogen-bond acceptors (Lipinski definition) is 3. The lowest BCUT2D eigenvalue weighted by molar-refractivity contribution is 0.0601. The second kappa shape index (κ2) is 4.92. The van der Waals surface area contributed by atoms with Crippen molar-refractivity contribution in [1.29, 1.82) is 0 Å². The van der Waals surface area contributed by atoms with Gasteiger partial charge in [0.25, 0.3) is 0 Å². The van der Waals surface area contributed by atoms with Crippen LogP contribution in [0.1, 0.15) is 15.9 Å². The van der Waals surface area contributed by atoms with Gasteiger partial charge in [0.1, 0.15) is 5.75 Å². The van der Waals surface area contributed by atoms with Crippen LogP contribution in [0.4, 0.5) is 0 Å². The van der Waals surface area contributed by atoms with E-state index in [4.69, 9.17) is 4.74 Å². The van der Waals surface area contributed by atoms with Gasteiger partial charge in [0.2, 0.25) is 0 Å². The lowest BCUT2D eigenvalue weighted by Gasteiger charge is -2.11. The molecule has 0 fully saturated rings. The number of aromatic hydroxyl groups is 1. The molecular formula is C15H14O3. The Balaban J connectivity index is 2.66. The smallest absolute Gasteiger partial charge is 0.338 e.